The van der Waals surface area contributed by atoms with Crippen LogP contribution in [0.5, 0.6) is 0 Å². The highest BCUT2D eigenvalue weighted by molar-refractivity contribution is 5.79. The minimum absolute atomic E-state index is 0.176. The van der Waals surface area contributed by atoms with E-state index in [-0.39, 0.29) is 11.4 Å². The molecule has 0 atom stereocenters. The number of nitrogens with zero attached hydrogens (tertiary/aromatic N) is 3. The Balaban J connectivity index is 2.81. The molecule has 2 aromatic heterocycles. The van der Waals surface area contributed by atoms with Crippen molar-refractivity contribution in [3.05, 3.63) is 34.1 Å². The summed E-state index contributed by atoms with van der Waals surface area (Å²) >= 11 is 0. The Kier molecular flexibility index (Phi) is 1.65. The SMILES string of the molecule is N#Cc1nc2[nH]ccc2cc1[N+](=O)[O-]. The van der Waals surface area contributed by atoms with Crippen LogP contribution in [0.1, 0.15) is 5.69 Å². The lowest BCUT2D eigenvalue weighted by atomic mass is 10.2. The number of aromatic amines is 1. The van der Waals surface area contributed by atoms with Gasteiger partial charge in [0.1, 0.15) is 11.7 Å². The van der Waals surface area contributed by atoms with E-state index >= 15 is 0 Å². The van der Waals surface area contributed by atoms with E-state index in [1.165, 1.54) is 6.07 Å². The van der Waals surface area contributed by atoms with Crippen molar-refractivity contribution >= 4 is 16.7 Å². The number of pyridine rings is 1. The summed E-state index contributed by atoms with van der Waals surface area (Å²) in [5.41, 5.74) is 0.0386. The summed E-state index contributed by atoms with van der Waals surface area (Å²) in [6.45, 7) is 0. The number of aromatic nitrogens is 2. The molecule has 0 saturated carbocycles. The number of H-pyrrole nitrogens is 1. The first-order valence-corrected chi connectivity index (χ1v) is 3.75. The molecular formula is C8H4N4O2. The van der Waals surface area contributed by atoms with E-state index in [1.807, 2.05) is 0 Å². The van der Waals surface area contributed by atoms with E-state index in [2.05, 4.69) is 9.97 Å². The van der Waals surface area contributed by atoms with Gasteiger partial charge in [0.2, 0.25) is 5.69 Å². The number of hydrogen-bond acceptors (Lipinski definition) is 4. The number of nitro groups is 1. The highest BCUT2D eigenvalue weighted by Crippen LogP contribution is 2.21. The average Bonchev–Trinajstić information content (AvgIpc) is 2.62. The summed E-state index contributed by atoms with van der Waals surface area (Å²) in [6.07, 6.45) is 1.61. The molecule has 0 bridgehead atoms. The number of hydrogen-bond donors (Lipinski definition) is 1. The van der Waals surface area contributed by atoms with Gasteiger partial charge in [0.05, 0.1) is 4.92 Å². The normalized spacial score (nSPS) is 9.93. The predicted octanol–water partition coefficient (Wildman–Crippen LogP) is 1.34. The van der Waals surface area contributed by atoms with Gasteiger partial charge < -0.3 is 4.98 Å². The van der Waals surface area contributed by atoms with Crippen LogP contribution in [-0.4, -0.2) is 14.9 Å². The summed E-state index contributed by atoms with van der Waals surface area (Å²) in [5, 5.41) is 19.8. The Morgan fingerprint density at radius 1 is 1.64 bits per heavy atom. The largest absolute Gasteiger partial charge is 0.346 e. The van der Waals surface area contributed by atoms with Crippen LogP contribution in [0.25, 0.3) is 11.0 Å². The molecule has 0 saturated heterocycles. The van der Waals surface area contributed by atoms with E-state index in [9.17, 15) is 10.1 Å². The van der Waals surface area contributed by atoms with Crippen molar-refractivity contribution in [2.24, 2.45) is 0 Å². The first-order valence-electron chi connectivity index (χ1n) is 3.75. The minimum atomic E-state index is -0.613. The molecule has 0 amide bonds. The van der Waals surface area contributed by atoms with Crippen molar-refractivity contribution in [3.63, 3.8) is 0 Å². The molecule has 68 valence electrons. The molecule has 2 aromatic rings. The lowest BCUT2D eigenvalue weighted by Crippen LogP contribution is -1.95. The average molecular weight is 188 g/mol. The van der Waals surface area contributed by atoms with Crippen molar-refractivity contribution in [3.8, 4) is 6.07 Å². The molecule has 0 aliphatic heterocycles. The van der Waals surface area contributed by atoms with Crippen molar-refractivity contribution in [2.75, 3.05) is 0 Å². The maximum absolute atomic E-state index is 10.6. The van der Waals surface area contributed by atoms with Gasteiger partial charge in [0.15, 0.2) is 0 Å². The van der Waals surface area contributed by atoms with E-state index in [0.717, 1.165) is 0 Å². The first-order chi connectivity index (χ1) is 6.72. The van der Waals surface area contributed by atoms with Crippen LogP contribution in [0.3, 0.4) is 0 Å². The summed E-state index contributed by atoms with van der Waals surface area (Å²) in [4.78, 5) is 16.5. The van der Waals surface area contributed by atoms with Gasteiger partial charge in [0, 0.05) is 17.6 Å². The van der Waals surface area contributed by atoms with E-state index in [1.54, 1.807) is 18.3 Å². The zero-order valence-electron chi connectivity index (χ0n) is 6.89. The molecule has 0 aliphatic carbocycles. The molecule has 2 heterocycles. The smallest absolute Gasteiger partial charge is 0.306 e. The zero-order chi connectivity index (χ0) is 10.1. The zero-order valence-corrected chi connectivity index (χ0v) is 6.89. The Morgan fingerprint density at radius 2 is 2.43 bits per heavy atom. The summed E-state index contributed by atoms with van der Waals surface area (Å²) in [6, 6.07) is 4.68. The molecule has 6 heteroatoms. The Labute approximate surface area is 78.0 Å². The predicted molar refractivity (Wildman–Crippen MR) is 47.5 cm³/mol. The molecule has 0 aromatic carbocycles. The van der Waals surface area contributed by atoms with E-state index in [0.29, 0.717) is 11.0 Å². The third kappa shape index (κ3) is 1.08. The van der Waals surface area contributed by atoms with Crippen LogP contribution in [0.4, 0.5) is 5.69 Å². The maximum atomic E-state index is 10.6. The Hall–Kier alpha value is -2.42. The number of nitrogens with one attached hydrogen (secondary N) is 1. The molecular weight excluding hydrogens is 184 g/mol. The highest BCUT2D eigenvalue weighted by atomic mass is 16.6. The Morgan fingerprint density at radius 3 is 3.07 bits per heavy atom. The second-order valence-electron chi connectivity index (χ2n) is 2.64. The van der Waals surface area contributed by atoms with Gasteiger partial charge in [-0.3, -0.25) is 10.1 Å². The van der Waals surface area contributed by atoms with Gasteiger partial charge in [-0.15, -0.1) is 0 Å². The number of nitriles is 1. The quantitative estimate of drug-likeness (QED) is 0.539. The first kappa shape index (κ1) is 8.19. The fourth-order valence-electron chi connectivity index (χ4n) is 1.19. The second kappa shape index (κ2) is 2.81. The van der Waals surface area contributed by atoms with Crippen molar-refractivity contribution < 1.29 is 4.92 Å². The van der Waals surface area contributed by atoms with Crippen molar-refractivity contribution in [1.82, 2.24) is 9.97 Å². The van der Waals surface area contributed by atoms with Gasteiger partial charge in [-0.05, 0) is 6.07 Å². The lowest BCUT2D eigenvalue weighted by molar-refractivity contribution is -0.385. The third-order valence-electron chi connectivity index (χ3n) is 1.82. The highest BCUT2D eigenvalue weighted by Gasteiger charge is 2.16. The van der Waals surface area contributed by atoms with Gasteiger partial charge in [-0.1, -0.05) is 0 Å². The van der Waals surface area contributed by atoms with Crippen molar-refractivity contribution in [1.29, 1.82) is 5.26 Å². The molecule has 6 nitrogen and oxygen atoms in total. The molecule has 0 fully saturated rings. The van der Waals surface area contributed by atoms with Crippen LogP contribution < -0.4 is 0 Å². The monoisotopic (exact) mass is 188 g/mol. The Bertz CT molecular complexity index is 552. The summed E-state index contributed by atoms with van der Waals surface area (Å²) in [7, 11) is 0. The molecule has 0 aliphatic rings. The molecule has 0 unspecified atom stereocenters. The van der Waals surface area contributed by atoms with Gasteiger partial charge in [-0.25, -0.2) is 4.98 Å². The van der Waals surface area contributed by atoms with Crippen LogP contribution in [0.15, 0.2) is 18.3 Å². The van der Waals surface area contributed by atoms with Gasteiger partial charge in [-0.2, -0.15) is 5.26 Å². The standard InChI is InChI=1S/C8H4N4O2/c9-4-6-7(12(13)14)3-5-1-2-10-8(5)11-6/h1-3H,(H,10,11). The molecule has 0 spiro atoms. The summed E-state index contributed by atoms with van der Waals surface area (Å²) < 4.78 is 0. The fraction of sp³-hybridized carbons (Fsp3) is 0. The molecule has 2 rings (SSSR count). The molecule has 14 heavy (non-hydrogen) atoms. The van der Waals surface area contributed by atoms with Crippen molar-refractivity contribution in [2.45, 2.75) is 0 Å². The van der Waals surface area contributed by atoms with Crippen LogP contribution in [0, 0.1) is 21.4 Å². The second-order valence-corrected chi connectivity index (χ2v) is 2.64. The molecule has 0 radical (unpaired) electrons. The van der Waals surface area contributed by atoms with E-state index in [4.69, 9.17) is 5.26 Å². The van der Waals surface area contributed by atoms with Gasteiger partial charge >= 0.3 is 5.69 Å². The molecule has 1 N–H and O–H groups in total. The third-order valence-corrected chi connectivity index (χ3v) is 1.82. The van der Waals surface area contributed by atoms with Gasteiger partial charge in [0.25, 0.3) is 0 Å². The number of fused-ring (bicyclic) bond motifs is 1. The maximum Gasteiger partial charge on any atom is 0.306 e. The van der Waals surface area contributed by atoms with E-state index < -0.39 is 4.92 Å². The topological polar surface area (TPSA) is 95.6 Å². The number of rotatable bonds is 1. The minimum Gasteiger partial charge on any atom is -0.346 e. The van der Waals surface area contributed by atoms with Crippen LogP contribution in [0.2, 0.25) is 0 Å². The lowest BCUT2D eigenvalue weighted by Gasteiger charge is -1.93. The fourth-order valence-corrected chi connectivity index (χ4v) is 1.19. The van der Waals surface area contributed by atoms with Crippen LogP contribution >= 0.6 is 0 Å². The van der Waals surface area contributed by atoms with Crippen LogP contribution in [-0.2, 0) is 0 Å². The summed E-state index contributed by atoms with van der Waals surface area (Å²) in [5.74, 6) is 0.